The number of Topliss-reactive ketones (excluding diaryl/α,β-unsaturated/α-hetero) is 2. The summed E-state index contributed by atoms with van der Waals surface area (Å²) in [6.07, 6.45) is -2.16. The molecule has 0 spiro atoms. The molecule has 5 heteroatoms. The topological polar surface area (TPSA) is 52.6 Å². The van der Waals surface area contributed by atoms with Gasteiger partial charge in [0.25, 0.3) is 0 Å². The lowest BCUT2D eigenvalue weighted by molar-refractivity contribution is -0.125. The normalized spacial score (nSPS) is 12.1. The monoisotopic (exact) mass is 296 g/mol. The molecular formula is C16H21FO4. The third kappa shape index (κ3) is 4.55. The van der Waals surface area contributed by atoms with Gasteiger partial charge in [-0.25, -0.2) is 4.39 Å². The molecule has 0 bridgehead atoms. The molecule has 1 unspecified atom stereocenters. The number of alkyl halides is 1. The first-order valence-electron chi connectivity index (χ1n) is 7.03. The van der Waals surface area contributed by atoms with Crippen molar-refractivity contribution in [3.8, 4) is 11.5 Å². The zero-order valence-electron chi connectivity index (χ0n) is 12.8. The van der Waals surface area contributed by atoms with Gasteiger partial charge in [-0.1, -0.05) is 13.8 Å². The highest BCUT2D eigenvalue weighted by Gasteiger charge is 2.29. The maximum Gasteiger partial charge on any atom is 0.221 e. The van der Waals surface area contributed by atoms with Crippen molar-refractivity contribution in [2.24, 2.45) is 5.92 Å². The van der Waals surface area contributed by atoms with Gasteiger partial charge in [-0.3, -0.25) is 9.59 Å². The fourth-order valence-electron chi connectivity index (χ4n) is 1.78. The molecule has 0 amide bonds. The van der Waals surface area contributed by atoms with Crippen LogP contribution in [0.2, 0.25) is 0 Å². The Morgan fingerprint density at radius 3 is 1.90 bits per heavy atom. The maximum atomic E-state index is 14.0. The fraction of sp³-hybridized carbons (Fsp3) is 0.500. The van der Waals surface area contributed by atoms with E-state index in [1.807, 2.05) is 0 Å². The lowest BCUT2D eigenvalue weighted by atomic mass is 9.98. The summed E-state index contributed by atoms with van der Waals surface area (Å²) in [5.74, 6) is -1.30. The van der Waals surface area contributed by atoms with Crippen LogP contribution in [-0.4, -0.2) is 31.0 Å². The number of halogens is 1. The molecule has 1 atom stereocenters. The van der Waals surface area contributed by atoms with Crippen LogP contribution in [0.5, 0.6) is 11.5 Å². The van der Waals surface area contributed by atoms with E-state index in [0.717, 1.165) is 0 Å². The van der Waals surface area contributed by atoms with E-state index in [9.17, 15) is 14.0 Å². The average molecular weight is 296 g/mol. The number of carbonyl (C=O) groups is 2. The minimum atomic E-state index is -2.16. The van der Waals surface area contributed by atoms with Crippen LogP contribution in [0.1, 0.15) is 38.1 Å². The quantitative estimate of drug-likeness (QED) is 0.546. The van der Waals surface area contributed by atoms with Crippen LogP contribution in [0.25, 0.3) is 0 Å². The van der Waals surface area contributed by atoms with Crippen molar-refractivity contribution in [3.63, 3.8) is 0 Å². The van der Waals surface area contributed by atoms with Crippen LogP contribution < -0.4 is 9.47 Å². The van der Waals surface area contributed by atoms with E-state index in [2.05, 4.69) is 0 Å². The largest absolute Gasteiger partial charge is 0.494 e. The lowest BCUT2D eigenvalue weighted by Gasteiger charge is -2.12. The highest BCUT2D eigenvalue weighted by molar-refractivity contribution is 6.13. The van der Waals surface area contributed by atoms with Gasteiger partial charge in [-0.15, -0.1) is 0 Å². The Labute approximate surface area is 124 Å². The maximum absolute atomic E-state index is 14.0. The minimum absolute atomic E-state index is 0.0749. The van der Waals surface area contributed by atoms with Gasteiger partial charge in [0.1, 0.15) is 11.5 Å². The molecule has 0 radical (unpaired) electrons. The minimum Gasteiger partial charge on any atom is -0.494 e. The smallest absolute Gasteiger partial charge is 0.221 e. The van der Waals surface area contributed by atoms with Crippen molar-refractivity contribution in [3.05, 3.63) is 23.8 Å². The highest BCUT2D eigenvalue weighted by atomic mass is 19.1. The second kappa shape index (κ2) is 7.76. The highest BCUT2D eigenvalue weighted by Crippen LogP contribution is 2.25. The van der Waals surface area contributed by atoms with Gasteiger partial charge in [0, 0.05) is 17.5 Å². The molecule has 4 nitrogen and oxygen atoms in total. The second-order valence-electron chi connectivity index (χ2n) is 4.84. The molecule has 1 aromatic rings. The zero-order chi connectivity index (χ0) is 16.0. The van der Waals surface area contributed by atoms with Gasteiger partial charge in [0.05, 0.1) is 13.2 Å². The molecule has 0 aliphatic carbocycles. The zero-order valence-corrected chi connectivity index (χ0v) is 12.8. The van der Waals surface area contributed by atoms with Crippen LogP contribution in [0.3, 0.4) is 0 Å². The Morgan fingerprint density at radius 1 is 1.05 bits per heavy atom. The van der Waals surface area contributed by atoms with Crippen molar-refractivity contribution in [1.29, 1.82) is 0 Å². The summed E-state index contributed by atoms with van der Waals surface area (Å²) < 4.78 is 24.6. The number of hydrogen-bond donors (Lipinski definition) is 0. The first kappa shape index (κ1) is 17.1. The van der Waals surface area contributed by atoms with Crippen molar-refractivity contribution < 1.29 is 23.5 Å². The van der Waals surface area contributed by atoms with E-state index >= 15 is 0 Å². The van der Waals surface area contributed by atoms with E-state index in [4.69, 9.17) is 9.47 Å². The van der Waals surface area contributed by atoms with Crippen LogP contribution >= 0.6 is 0 Å². The number of ether oxygens (including phenoxy) is 2. The Bertz CT molecular complexity index is 487. The standard InChI is InChI=1S/C16H21FO4/c1-5-20-12-7-11(8-13(9-12)21-6-2)16(19)14(17)15(18)10(3)4/h7-10,14H,5-6H2,1-4H3. The molecule has 0 saturated carbocycles. The first-order chi connectivity index (χ1) is 9.90. The second-order valence-corrected chi connectivity index (χ2v) is 4.84. The van der Waals surface area contributed by atoms with Crippen LogP contribution in [0.4, 0.5) is 4.39 Å². The van der Waals surface area contributed by atoms with Crippen LogP contribution in [-0.2, 0) is 4.79 Å². The van der Waals surface area contributed by atoms with E-state index < -0.39 is 23.7 Å². The number of rotatable bonds is 8. The molecule has 0 heterocycles. The molecule has 0 N–H and O–H groups in total. The molecule has 1 aromatic carbocycles. The Kier molecular flexibility index (Phi) is 6.34. The molecule has 0 saturated heterocycles. The summed E-state index contributed by atoms with van der Waals surface area (Å²) in [6, 6.07) is 4.48. The third-order valence-corrected chi connectivity index (χ3v) is 2.84. The molecule has 1 rings (SSSR count). The van der Waals surface area contributed by atoms with Gasteiger partial charge in [0.2, 0.25) is 12.0 Å². The SMILES string of the molecule is CCOc1cc(OCC)cc(C(=O)C(F)C(=O)C(C)C)c1. The number of hydrogen-bond acceptors (Lipinski definition) is 4. The Hall–Kier alpha value is -1.91. The molecular weight excluding hydrogens is 275 g/mol. The first-order valence-corrected chi connectivity index (χ1v) is 7.03. The third-order valence-electron chi connectivity index (χ3n) is 2.84. The summed E-state index contributed by atoms with van der Waals surface area (Å²) in [7, 11) is 0. The molecule has 0 aromatic heterocycles. The van der Waals surface area contributed by atoms with E-state index in [0.29, 0.717) is 24.7 Å². The summed E-state index contributed by atoms with van der Waals surface area (Å²) in [5, 5.41) is 0. The van der Waals surface area contributed by atoms with Gasteiger partial charge in [-0.05, 0) is 26.0 Å². The lowest BCUT2D eigenvalue weighted by Crippen LogP contribution is -2.29. The summed E-state index contributed by atoms with van der Waals surface area (Å²) in [4.78, 5) is 23.7. The number of benzene rings is 1. The fourth-order valence-corrected chi connectivity index (χ4v) is 1.78. The van der Waals surface area contributed by atoms with Crippen molar-refractivity contribution in [2.45, 2.75) is 33.9 Å². The Balaban J connectivity index is 3.09. The predicted molar refractivity (Wildman–Crippen MR) is 77.9 cm³/mol. The van der Waals surface area contributed by atoms with E-state index in [-0.39, 0.29) is 5.56 Å². The summed E-state index contributed by atoms with van der Waals surface area (Å²) in [6.45, 7) is 7.54. The molecule has 0 aliphatic rings. The van der Waals surface area contributed by atoms with Gasteiger partial charge >= 0.3 is 0 Å². The molecule has 116 valence electrons. The van der Waals surface area contributed by atoms with Gasteiger partial charge in [-0.2, -0.15) is 0 Å². The van der Waals surface area contributed by atoms with Crippen molar-refractivity contribution in [1.82, 2.24) is 0 Å². The number of carbonyl (C=O) groups excluding carboxylic acids is 2. The number of ketones is 2. The summed E-state index contributed by atoms with van der Waals surface area (Å²) >= 11 is 0. The Morgan fingerprint density at radius 2 is 1.52 bits per heavy atom. The summed E-state index contributed by atoms with van der Waals surface area (Å²) in [5.41, 5.74) is 0.0749. The van der Waals surface area contributed by atoms with Gasteiger partial charge in [0.15, 0.2) is 5.78 Å². The predicted octanol–water partition coefficient (Wildman–Crippen LogP) is 3.23. The van der Waals surface area contributed by atoms with Crippen LogP contribution in [0.15, 0.2) is 18.2 Å². The van der Waals surface area contributed by atoms with E-state index in [1.54, 1.807) is 33.8 Å². The van der Waals surface area contributed by atoms with Crippen LogP contribution in [0, 0.1) is 5.92 Å². The van der Waals surface area contributed by atoms with Crippen molar-refractivity contribution >= 4 is 11.6 Å². The molecule has 0 aliphatic heterocycles. The molecule has 21 heavy (non-hydrogen) atoms. The van der Waals surface area contributed by atoms with E-state index in [1.165, 1.54) is 12.1 Å². The van der Waals surface area contributed by atoms with Gasteiger partial charge < -0.3 is 9.47 Å². The van der Waals surface area contributed by atoms with Crippen molar-refractivity contribution in [2.75, 3.05) is 13.2 Å². The average Bonchev–Trinajstić information content (AvgIpc) is 2.45. The molecule has 0 fully saturated rings.